The number of carbonyl (C=O) groups excluding carboxylic acids is 1. The van der Waals surface area contributed by atoms with Crippen molar-refractivity contribution in [3.8, 4) is 0 Å². The number of aromatic nitrogens is 1. The van der Waals surface area contributed by atoms with Crippen LogP contribution >= 0.6 is 11.8 Å². The second kappa shape index (κ2) is 9.94. The SMILES string of the molecule is Cc1ccc(C(C)NC(=O)CSc2ccc(S(=O)(=O)N3CCCCC3)cn2)cc1C. The smallest absolute Gasteiger partial charge is 0.244 e. The molecule has 6 nitrogen and oxygen atoms in total. The number of carbonyl (C=O) groups is 1. The van der Waals surface area contributed by atoms with Crippen LogP contribution in [-0.4, -0.2) is 42.5 Å². The van der Waals surface area contributed by atoms with Crippen LogP contribution in [0.25, 0.3) is 0 Å². The summed E-state index contributed by atoms with van der Waals surface area (Å²) in [5.41, 5.74) is 3.50. The summed E-state index contributed by atoms with van der Waals surface area (Å²) in [6.07, 6.45) is 4.26. The Morgan fingerprint density at radius 1 is 1.13 bits per heavy atom. The molecule has 1 aromatic carbocycles. The minimum atomic E-state index is -3.48. The van der Waals surface area contributed by atoms with E-state index in [2.05, 4.69) is 36.3 Å². The third kappa shape index (κ3) is 5.62. The number of nitrogens with one attached hydrogen (secondary N) is 1. The van der Waals surface area contributed by atoms with E-state index in [1.165, 1.54) is 33.4 Å². The van der Waals surface area contributed by atoms with Gasteiger partial charge in [0.1, 0.15) is 4.90 Å². The van der Waals surface area contributed by atoms with Crippen LogP contribution in [0.1, 0.15) is 48.9 Å². The first-order valence-corrected chi connectivity index (χ1v) is 12.7. The fraction of sp³-hybridized carbons (Fsp3) is 0.455. The molecule has 1 fully saturated rings. The van der Waals surface area contributed by atoms with E-state index < -0.39 is 10.0 Å². The molecule has 1 amide bonds. The fourth-order valence-electron chi connectivity index (χ4n) is 3.40. The standard InChI is InChI=1S/C22H29N3O3S2/c1-16-7-8-19(13-17(16)2)18(3)24-21(26)15-29-22-10-9-20(14-23-22)30(27,28)25-11-5-4-6-12-25/h7-10,13-14,18H,4-6,11-12,15H2,1-3H3,(H,24,26). The molecule has 1 aliphatic rings. The number of thioether (sulfide) groups is 1. The molecule has 8 heteroatoms. The molecule has 0 saturated carbocycles. The second-order valence-corrected chi connectivity index (χ2v) is 10.7. The number of amides is 1. The van der Waals surface area contributed by atoms with Crippen LogP contribution in [0.15, 0.2) is 46.5 Å². The van der Waals surface area contributed by atoms with Crippen molar-refractivity contribution in [1.82, 2.24) is 14.6 Å². The van der Waals surface area contributed by atoms with Gasteiger partial charge in [0.2, 0.25) is 15.9 Å². The molecular weight excluding hydrogens is 418 g/mol. The minimum Gasteiger partial charge on any atom is -0.349 e. The summed E-state index contributed by atoms with van der Waals surface area (Å²) in [5.74, 6) is 0.137. The van der Waals surface area contributed by atoms with Gasteiger partial charge in [-0.05, 0) is 62.4 Å². The molecule has 1 aliphatic heterocycles. The van der Waals surface area contributed by atoms with Gasteiger partial charge in [-0.1, -0.05) is 36.4 Å². The molecule has 1 saturated heterocycles. The van der Waals surface area contributed by atoms with Gasteiger partial charge in [-0.25, -0.2) is 13.4 Å². The summed E-state index contributed by atoms with van der Waals surface area (Å²) in [7, 11) is -3.48. The lowest BCUT2D eigenvalue weighted by Gasteiger charge is -2.25. The van der Waals surface area contributed by atoms with Gasteiger partial charge in [-0.2, -0.15) is 4.31 Å². The Morgan fingerprint density at radius 3 is 2.50 bits per heavy atom. The molecule has 1 unspecified atom stereocenters. The zero-order valence-corrected chi connectivity index (χ0v) is 19.4. The van der Waals surface area contributed by atoms with Gasteiger partial charge in [0.05, 0.1) is 16.8 Å². The summed E-state index contributed by atoms with van der Waals surface area (Å²) in [5, 5.41) is 3.63. The molecular formula is C22H29N3O3S2. The van der Waals surface area contributed by atoms with Crippen LogP contribution in [-0.2, 0) is 14.8 Å². The average molecular weight is 448 g/mol. The van der Waals surface area contributed by atoms with E-state index >= 15 is 0 Å². The average Bonchev–Trinajstić information content (AvgIpc) is 2.75. The lowest BCUT2D eigenvalue weighted by molar-refractivity contribution is -0.119. The van der Waals surface area contributed by atoms with Gasteiger partial charge in [-0.15, -0.1) is 0 Å². The summed E-state index contributed by atoms with van der Waals surface area (Å²) in [6, 6.07) is 9.35. The zero-order chi connectivity index (χ0) is 21.7. The predicted molar refractivity (Wildman–Crippen MR) is 120 cm³/mol. The second-order valence-electron chi connectivity index (χ2n) is 7.72. The maximum atomic E-state index is 12.7. The normalized spacial score (nSPS) is 16.2. The molecule has 162 valence electrons. The van der Waals surface area contributed by atoms with E-state index in [9.17, 15) is 13.2 Å². The van der Waals surface area contributed by atoms with Gasteiger partial charge < -0.3 is 5.32 Å². The molecule has 0 spiro atoms. The van der Waals surface area contributed by atoms with Gasteiger partial charge in [0.15, 0.2) is 0 Å². The number of benzene rings is 1. The molecule has 3 rings (SSSR count). The summed E-state index contributed by atoms with van der Waals surface area (Å²) >= 11 is 1.29. The zero-order valence-electron chi connectivity index (χ0n) is 17.7. The quantitative estimate of drug-likeness (QED) is 0.653. The number of pyridine rings is 1. The number of sulfonamides is 1. The molecule has 1 aromatic heterocycles. The van der Waals surface area contributed by atoms with Crippen molar-refractivity contribution < 1.29 is 13.2 Å². The van der Waals surface area contributed by atoms with Crippen LogP contribution in [0.4, 0.5) is 0 Å². The monoisotopic (exact) mass is 447 g/mol. The highest BCUT2D eigenvalue weighted by atomic mass is 32.2. The Labute approximate surface area is 183 Å². The summed E-state index contributed by atoms with van der Waals surface area (Å²) < 4.78 is 26.9. The first kappa shape index (κ1) is 22.8. The Morgan fingerprint density at radius 2 is 1.87 bits per heavy atom. The fourth-order valence-corrected chi connectivity index (χ4v) is 5.52. The molecule has 1 N–H and O–H groups in total. The van der Waals surface area contributed by atoms with Gasteiger partial charge in [0.25, 0.3) is 0 Å². The molecule has 0 aliphatic carbocycles. The molecule has 1 atom stereocenters. The highest BCUT2D eigenvalue weighted by Crippen LogP contribution is 2.23. The predicted octanol–water partition coefficient (Wildman–Crippen LogP) is 3.84. The van der Waals surface area contributed by atoms with Crippen molar-refractivity contribution in [1.29, 1.82) is 0 Å². The van der Waals surface area contributed by atoms with Gasteiger partial charge >= 0.3 is 0 Å². The van der Waals surface area contributed by atoms with Crippen molar-refractivity contribution in [2.75, 3.05) is 18.8 Å². The Bertz CT molecular complexity index is 985. The van der Waals surface area contributed by atoms with Gasteiger partial charge in [0, 0.05) is 19.3 Å². The largest absolute Gasteiger partial charge is 0.349 e. The maximum Gasteiger partial charge on any atom is 0.244 e. The number of hydrogen-bond acceptors (Lipinski definition) is 5. The van der Waals surface area contributed by atoms with E-state index in [1.807, 2.05) is 13.0 Å². The van der Waals surface area contributed by atoms with Crippen LogP contribution in [0.3, 0.4) is 0 Å². The summed E-state index contributed by atoms with van der Waals surface area (Å²) in [6.45, 7) is 7.22. The minimum absolute atomic E-state index is 0.0811. The van der Waals surface area contributed by atoms with Crippen molar-refractivity contribution >= 4 is 27.7 Å². The van der Waals surface area contributed by atoms with Crippen LogP contribution in [0, 0.1) is 13.8 Å². The maximum absolute atomic E-state index is 12.7. The Kier molecular flexibility index (Phi) is 7.55. The first-order chi connectivity index (χ1) is 14.3. The lowest BCUT2D eigenvalue weighted by Crippen LogP contribution is -2.35. The van der Waals surface area contributed by atoms with E-state index in [-0.39, 0.29) is 22.6 Å². The molecule has 0 radical (unpaired) electrons. The first-order valence-electron chi connectivity index (χ1n) is 10.2. The molecule has 0 bridgehead atoms. The van der Waals surface area contributed by atoms with Crippen molar-refractivity contribution in [3.63, 3.8) is 0 Å². The van der Waals surface area contributed by atoms with E-state index in [0.717, 1.165) is 24.8 Å². The number of rotatable bonds is 7. The highest BCUT2D eigenvalue weighted by Gasteiger charge is 2.26. The van der Waals surface area contributed by atoms with E-state index in [0.29, 0.717) is 18.1 Å². The lowest BCUT2D eigenvalue weighted by atomic mass is 10.0. The Hall–Kier alpha value is -1.90. The molecule has 30 heavy (non-hydrogen) atoms. The highest BCUT2D eigenvalue weighted by molar-refractivity contribution is 7.99. The molecule has 2 aromatic rings. The Balaban J connectivity index is 1.54. The van der Waals surface area contributed by atoms with Gasteiger partial charge in [-0.3, -0.25) is 4.79 Å². The van der Waals surface area contributed by atoms with Crippen molar-refractivity contribution in [2.45, 2.75) is 56.0 Å². The van der Waals surface area contributed by atoms with Crippen LogP contribution in [0.5, 0.6) is 0 Å². The van der Waals surface area contributed by atoms with E-state index in [4.69, 9.17) is 0 Å². The van der Waals surface area contributed by atoms with Crippen LogP contribution < -0.4 is 5.32 Å². The van der Waals surface area contributed by atoms with Crippen molar-refractivity contribution in [2.24, 2.45) is 0 Å². The number of aryl methyl sites for hydroxylation is 2. The number of hydrogen-bond donors (Lipinski definition) is 1. The number of nitrogens with zero attached hydrogens (tertiary/aromatic N) is 2. The summed E-state index contributed by atoms with van der Waals surface area (Å²) in [4.78, 5) is 16.8. The topological polar surface area (TPSA) is 79.4 Å². The third-order valence-corrected chi connectivity index (χ3v) is 8.25. The van der Waals surface area contributed by atoms with E-state index in [1.54, 1.807) is 12.1 Å². The van der Waals surface area contributed by atoms with Crippen LogP contribution in [0.2, 0.25) is 0 Å². The van der Waals surface area contributed by atoms with Crippen molar-refractivity contribution in [3.05, 3.63) is 53.2 Å². The molecule has 2 heterocycles. The number of piperidine rings is 1. The third-order valence-electron chi connectivity index (χ3n) is 5.42.